The second-order valence-corrected chi connectivity index (χ2v) is 5.41. The van der Waals surface area contributed by atoms with Crippen LogP contribution in [0.2, 0.25) is 0 Å². The zero-order chi connectivity index (χ0) is 16.9. The quantitative estimate of drug-likeness (QED) is 0.690. The van der Waals surface area contributed by atoms with Crippen molar-refractivity contribution in [3.63, 3.8) is 0 Å². The molecule has 0 aliphatic heterocycles. The van der Waals surface area contributed by atoms with E-state index in [1.54, 1.807) is 17.9 Å². The van der Waals surface area contributed by atoms with Crippen molar-refractivity contribution in [3.05, 3.63) is 60.7 Å². The van der Waals surface area contributed by atoms with Gasteiger partial charge in [-0.25, -0.2) is 9.97 Å². The topological polar surface area (TPSA) is 56.0 Å². The first-order valence-electron chi connectivity index (χ1n) is 7.71. The maximum Gasteiger partial charge on any atom is 0.159 e. The van der Waals surface area contributed by atoms with Gasteiger partial charge in [0, 0.05) is 55.6 Å². The molecule has 0 amide bonds. The van der Waals surface area contributed by atoms with Crippen LogP contribution in [0.4, 0.5) is 0 Å². The van der Waals surface area contributed by atoms with E-state index in [-0.39, 0.29) is 0 Å². The van der Waals surface area contributed by atoms with Gasteiger partial charge in [0.2, 0.25) is 0 Å². The fourth-order valence-corrected chi connectivity index (χ4v) is 2.49. The minimum Gasteiger partial charge on any atom is -0.296 e. The molecule has 0 radical (unpaired) electrons. The van der Waals surface area contributed by atoms with Gasteiger partial charge in [0.25, 0.3) is 0 Å². The van der Waals surface area contributed by atoms with E-state index < -0.39 is 0 Å². The Morgan fingerprint density at radius 3 is 2.46 bits per heavy atom. The SMILES string of the molecule is C/C=C(\C=NC)c1cnc(-c2cccc(-c3cnn(C)c3)c2)nc1. The van der Waals surface area contributed by atoms with Gasteiger partial charge in [-0.15, -0.1) is 0 Å². The van der Waals surface area contributed by atoms with Crippen LogP contribution in [0.3, 0.4) is 0 Å². The highest BCUT2D eigenvalue weighted by Gasteiger charge is 2.06. The third-order valence-corrected chi connectivity index (χ3v) is 3.72. The Labute approximate surface area is 141 Å². The molecule has 1 aromatic carbocycles. The van der Waals surface area contributed by atoms with Crippen LogP contribution >= 0.6 is 0 Å². The van der Waals surface area contributed by atoms with Gasteiger partial charge in [-0.1, -0.05) is 24.3 Å². The van der Waals surface area contributed by atoms with Gasteiger partial charge in [-0.2, -0.15) is 5.10 Å². The first-order chi connectivity index (χ1) is 11.7. The molecular weight excluding hydrogens is 298 g/mol. The summed E-state index contributed by atoms with van der Waals surface area (Å²) in [7, 11) is 3.66. The first-order valence-corrected chi connectivity index (χ1v) is 7.71. The van der Waals surface area contributed by atoms with E-state index in [1.807, 2.05) is 57.0 Å². The predicted octanol–water partition coefficient (Wildman–Crippen LogP) is 3.65. The molecule has 5 nitrogen and oxygen atoms in total. The third kappa shape index (κ3) is 3.30. The van der Waals surface area contributed by atoms with Gasteiger partial charge in [-0.05, 0) is 24.1 Å². The normalized spacial score (nSPS) is 12.0. The first kappa shape index (κ1) is 15.8. The molecule has 0 spiro atoms. The van der Waals surface area contributed by atoms with Crippen LogP contribution in [0.25, 0.3) is 28.1 Å². The third-order valence-electron chi connectivity index (χ3n) is 3.72. The minimum atomic E-state index is 0.702. The van der Waals surface area contributed by atoms with Crippen molar-refractivity contribution in [1.29, 1.82) is 0 Å². The molecule has 0 atom stereocenters. The zero-order valence-electron chi connectivity index (χ0n) is 14.0. The Bertz CT molecular complexity index is 888. The van der Waals surface area contributed by atoms with Crippen molar-refractivity contribution >= 4 is 11.8 Å². The summed E-state index contributed by atoms with van der Waals surface area (Å²) in [6, 6.07) is 8.16. The Kier molecular flexibility index (Phi) is 4.61. The van der Waals surface area contributed by atoms with Gasteiger partial charge in [-0.3, -0.25) is 9.67 Å². The van der Waals surface area contributed by atoms with E-state index in [0.29, 0.717) is 5.82 Å². The zero-order valence-corrected chi connectivity index (χ0v) is 14.0. The fraction of sp³-hybridized carbons (Fsp3) is 0.158. The van der Waals surface area contributed by atoms with Crippen LogP contribution in [-0.4, -0.2) is 33.0 Å². The van der Waals surface area contributed by atoms with E-state index in [4.69, 9.17) is 0 Å². The second kappa shape index (κ2) is 7.00. The predicted molar refractivity (Wildman–Crippen MR) is 97.7 cm³/mol. The minimum absolute atomic E-state index is 0.702. The summed E-state index contributed by atoms with van der Waals surface area (Å²) in [5.41, 5.74) is 5.12. The lowest BCUT2D eigenvalue weighted by Crippen LogP contribution is -1.93. The van der Waals surface area contributed by atoms with Crippen LogP contribution in [0, 0.1) is 0 Å². The molecule has 5 heteroatoms. The van der Waals surface area contributed by atoms with E-state index >= 15 is 0 Å². The summed E-state index contributed by atoms with van der Waals surface area (Å²) in [6.07, 6.45) is 11.3. The number of hydrogen-bond acceptors (Lipinski definition) is 4. The number of rotatable bonds is 4. The van der Waals surface area contributed by atoms with Crippen LogP contribution < -0.4 is 0 Å². The van der Waals surface area contributed by atoms with Crippen LogP contribution in [0.5, 0.6) is 0 Å². The van der Waals surface area contributed by atoms with Gasteiger partial charge in [0.1, 0.15) is 0 Å². The van der Waals surface area contributed by atoms with Crippen molar-refractivity contribution < 1.29 is 0 Å². The van der Waals surface area contributed by atoms with Crippen molar-refractivity contribution in [3.8, 4) is 22.5 Å². The molecule has 2 heterocycles. The summed E-state index contributed by atoms with van der Waals surface area (Å²) in [6.45, 7) is 1.97. The molecule has 0 aliphatic carbocycles. The van der Waals surface area contributed by atoms with Crippen LogP contribution in [0.15, 0.2) is 60.1 Å². The van der Waals surface area contributed by atoms with Crippen LogP contribution in [-0.2, 0) is 7.05 Å². The Balaban J connectivity index is 1.92. The maximum atomic E-state index is 4.51. The molecule has 3 aromatic rings. The van der Waals surface area contributed by atoms with E-state index in [0.717, 1.165) is 27.8 Å². The maximum absolute atomic E-state index is 4.51. The Morgan fingerprint density at radius 1 is 1.08 bits per heavy atom. The Hall–Kier alpha value is -3.08. The molecule has 3 rings (SSSR count). The Morgan fingerprint density at radius 2 is 1.83 bits per heavy atom. The van der Waals surface area contributed by atoms with Crippen molar-refractivity contribution in [2.45, 2.75) is 6.92 Å². The highest BCUT2D eigenvalue weighted by atomic mass is 15.2. The molecule has 0 saturated carbocycles. The summed E-state index contributed by atoms with van der Waals surface area (Å²) in [5, 5.41) is 4.22. The highest BCUT2D eigenvalue weighted by Crippen LogP contribution is 2.24. The number of benzene rings is 1. The van der Waals surface area contributed by atoms with Gasteiger partial charge < -0.3 is 0 Å². The van der Waals surface area contributed by atoms with E-state index in [2.05, 4.69) is 32.2 Å². The number of hydrogen-bond donors (Lipinski definition) is 0. The molecule has 120 valence electrons. The number of aryl methyl sites for hydroxylation is 1. The lowest BCUT2D eigenvalue weighted by Gasteiger charge is -2.05. The summed E-state index contributed by atoms with van der Waals surface area (Å²) < 4.78 is 1.79. The number of aliphatic imine (C=N–C) groups is 1. The fourth-order valence-electron chi connectivity index (χ4n) is 2.49. The van der Waals surface area contributed by atoms with E-state index in [9.17, 15) is 0 Å². The number of allylic oxidation sites excluding steroid dienone is 2. The second-order valence-electron chi connectivity index (χ2n) is 5.41. The van der Waals surface area contributed by atoms with Crippen molar-refractivity contribution in [2.24, 2.45) is 12.0 Å². The largest absolute Gasteiger partial charge is 0.296 e. The molecule has 0 unspecified atom stereocenters. The van der Waals surface area contributed by atoms with Crippen molar-refractivity contribution in [2.75, 3.05) is 7.05 Å². The van der Waals surface area contributed by atoms with Gasteiger partial charge in [0.15, 0.2) is 5.82 Å². The molecule has 0 bridgehead atoms. The number of nitrogens with zero attached hydrogens (tertiary/aromatic N) is 5. The van der Waals surface area contributed by atoms with Gasteiger partial charge in [0.05, 0.1) is 6.20 Å². The molecule has 24 heavy (non-hydrogen) atoms. The van der Waals surface area contributed by atoms with E-state index in [1.165, 1.54) is 0 Å². The molecule has 0 N–H and O–H groups in total. The summed E-state index contributed by atoms with van der Waals surface area (Å²) in [4.78, 5) is 13.1. The molecule has 0 fully saturated rings. The smallest absolute Gasteiger partial charge is 0.159 e. The summed E-state index contributed by atoms with van der Waals surface area (Å²) >= 11 is 0. The molecular formula is C19H19N5. The average molecular weight is 317 g/mol. The summed E-state index contributed by atoms with van der Waals surface area (Å²) in [5.74, 6) is 0.702. The highest BCUT2D eigenvalue weighted by molar-refractivity contribution is 6.09. The van der Waals surface area contributed by atoms with Gasteiger partial charge >= 0.3 is 0 Å². The lowest BCUT2D eigenvalue weighted by atomic mass is 10.1. The average Bonchev–Trinajstić information content (AvgIpc) is 3.06. The standard InChI is InChI=1S/C19H19N5/c1-4-14(9-20-2)17-10-21-19(22-11-17)16-7-5-6-15(8-16)18-12-23-24(3)13-18/h4-13H,1-3H3/b14-4+,20-9?. The van der Waals surface area contributed by atoms with Crippen molar-refractivity contribution in [1.82, 2.24) is 19.7 Å². The lowest BCUT2D eigenvalue weighted by molar-refractivity contribution is 0.768. The monoisotopic (exact) mass is 317 g/mol. The molecule has 0 saturated heterocycles. The van der Waals surface area contributed by atoms with Crippen LogP contribution in [0.1, 0.15) is 12.5 Å². The number of aromatic nitrogens is 4. The molecule has 2 aromatic heterocycles. The molecule has 0 aliphatic rings.